The summed E-state index contributed by atoms with van der Waals surface area (Å²) in [6, 6.07) is 20.1. The molecule has 1 atom stereocenters. The Morgan fingerprint density at radius 1 is 1.00 bits per heavy atom. The molecule has 2 heterocycles. The van der Waals surface area contributed by atoms with Gasteiger partial charge in [-0.2, -0.15) is 0 Å². The fraction of sp³-hybridized carbons (Fsp3) is 0.174. The Kier molecular flexibility index (Phi) is 5.61. The molecule has 1 fully saturated rings. The van der Waals surface area contributed by atoms with Gasteiger partial charge in [-0.1, -0.05) is 36.4 Å². The van der Waals surface area contributed by atoms with Crippen molar-refractivity contribution < 1.29 is 23.5 Å². The van der Waals surface area contributed by atoms with Crippen LogP contribution in [0.5, 0.6) is 5.75 Å². The number of hydrogen-bond acceptors (Lipinski definition) is 5. The minimum atomic E-state index is -0.922. The van der Waals surface area contributed by atoms with Crippen LogP contribution in [0.1, 0.15) is 12.2 Å². The second-order valence-corrected chi connectivity index (χ2v) is 6.83. The standard InChI is InChI=1S/C23H20N2O5/c26-21-14-20(23(28)25(21)17-8-3-1-4-9-17)24(15-19-12-7-13-29-19)22(27)16-30-18-10-5-2-6-11-18/h1-13,20H,14-16H2. The number of carbonyl (C=O) groups excluding carboxylic acids is 3. The number of hydrogen-bond donors (Lipinski definition) is 0. The molecule has 4 rings (SSSR count). The second kappa shape index (κ2) is 8.65. The average molecular weight is 404 g/mol. The average Bonchev–Trinajstić information content (AvgIpc) is 3.39. The van der Waals surface area contributed by atoms with Crippen molar-refractivity contribution in [2.24, 2.45) is 0 Å². The molecular formula is C23H20N2O5. The summed E-state index contributed by atoms with van der Waals surface area (Å²) in [6.07, 6.45) is 1.40. The second-order valence-electron chi connectivity index (χ2n) is 6.83. The van der Waals surface area contributed by atoms with Gasteiger partial charge in [-0.05, 0) is 36.4 Å². The molecule has 152 valence electrons. The number of imide groups is 1. The van der Waals surface area contributed by atoms with Crippen molar-refractivity contribution in [3.05, 3.63) is 84.8 Å². The number of rotatable bonds is 7. The van der Waals surface area contributed by atoms with Crippen LogP contribution in [0.15, 0.2) is 83.5 Å². The summed E-state index contributed by atoms with van der Waals surface area (Å²) in [5.74, 6) is -0.135. The Hall–Kier alpha value is -3.87. The first kappa shape index (κ1) is 19.4. The molecule has 3 amide bonds. The molecule has 0 aliphatic carbocycles. The van der Waals surface area contributed by atoms with E-state index in [2.05, 4.69) is 0 Å². The smallest absolute Gasteiger partial charge is 0.261 e. The molecule has 1 aliphatic rings. The number of amides is 3. The van der Waals surface area contributed by atoms with Crippen LogP contribution < -0.4 is 9.64 Å². The van der Waals surface area contributed by atoms with Crippen LogP contribution >= 0.6 is 0 Å². The maximum Gasteiger partial charge on any atom is 0.261 e. The zero-order valence-corrected chi connectivity index (χ0v) is 16.1. The van der Waals surface area contributed by atoms with E-state index in [-0.39, 0.29) is 25.5 Å². The number of anilines is 1. The third-order valence-electron chi connectivity index (χ3n) is 4.85. The van der Waals surface area contributed by atoms with E-state index in [0.29, 0.717) is 17.2 Å². The molecule has 7 heteroatoms. The van der Waals surface area contributed by atoms with Crippen molar-refractivity contribution in [3.63, 3.8) is 0 Å². The van der Waals surface area contributed by atoms with Crippen molar-refractivity contribution >= 4 is 23.4 Å². The van der Waals surface area contributed by atoms with E-state index in [0.717, 1.165) is 4.90 Å². The van der Waals surface area contributed by atoms with Crippen molar-refractivity contribution in [2.75, 3.05) is 11.5 Å². The third kappa shape index (κ3) is 4.10. The van der Waals surface area contributed by atoms with E-state index in [4.69, 9.17) is 9.15 Å². The van der Waals surface area contributed by atoms with Gasteiger partial charge in [-0.15, -0.1) is 0 Å². The monoisotopic (exact) mass is 404 g/mol. The summed E-state index contributed by atoms with van der Waals surface area (Å²) < 4.78 is 10.9. The molecule has 30 heavy (non-hydrogen) atoms. The van der Waals surface area contributed by atoms with E-state index in [1.807, 2.05) is 6.07 Å². The molecule has 7 nitrogen and oxygen atoms in total. The number of ether oxygens (including phenoxy) is 1. The van der Waals surface area contributed by atoms with E-state index in [1.54, 1.807) is 66.7 Å². The van der Waals surface area contributed by atoms with Crippen LogP contribution in [-0.2, 0) is 20.9 Å². The SMILES string of the molecule is O=C1CC(N(Cc2ccco2)C(=O)COc2ccccc2)C(=O)N1c1ccccc1. The Morgan fingerprint density at radius 2 is 1.70 bits per heavy atom. The van der Waals surface area contributed by atoms with Gasteiger partial charge in [-0.3, -0.25) is 14.4 Å². The summed E-state index contributed by atoms with van der Waals surface area (Å²) in [4.78, 5) is 41.2. The lowest BCUT2D eigenvalue weighted by atomic mass is 10.2. The Bertz CT molecular complexity index is 1020. The maximum atomic E-state index is 13.1. The maximum absolute atomic E-state index is 13.1. The molecule has 0 radical (unpaired) electrons. The summed E-state index contributed by atoms with van der Waals surface area (Å²) in [7, 11) is 0. The number of furan rings is 1. The van der Waals surface area contributed by atoms with Gasteiger partial charge in [0.1, 0.15) is 17.6 Å². The minimum Gasteiger partial charge on any atom is -0.484 e. The number of benzene rings is 2. The summed E-state index contributed by atoms with van der Waals surface area (Å²) >= 11 is 0. The topological polar surface area (TPSA) is 80.1 Å². The third-order valence-corrected chi connectivity index (χ3v) is 4.85. The first-order chi connectivity index (χ1) is 14.6. The fourth-order valence-corrected chi connectivity index (χ4v) is 3.40. The van der Waals surface area contributed by atoms with Crippen LogP contribution in [0.4, 0.5) is 5.69 Å². The molecule has 0 N–H and O–H groups in total. The molecule has 0 saturated carbocycles. The largest absolute Gasteiger partial charge is 0.484 e. The lowest BCUT2D eigenvalue weighted by Crippen LogP contribution is -2.46. The zero-order valence-electron chi connectivity index (χ0n) is 16.1. The van der Waals surface area contributed by atoms with Gasteiger partial charge in [0.25, 0.3) is 11.8 Å². The molecular weight excluding hydrogens is 384 g/mol. The van der Waals surface area contributed by atoms with Gasteiger partial charge in [0.05, 0.1) is 24.9 Å². The van der Waals surface area contributed by atoms with Gasteiger partial charge < -0.3 is 14.1 Å². The summed E-state index contributed by atoms with van der Waals surface area (Å²) in [5.41, 5.74) is 0.487. The van der Waals surface area contributed by atoms with E-state index >= 15 is 0 Å². The predicted octanol–water partition coefficient (Wildman–Crippen LogP) is 3.02. The molecule has 0 bridgehead atoms. The quantitative estimate of drug-likeness (QED) is 0.566. The normalized spacial score (nSPS) is 16.0. The highest BCUT2D eigenvalue weighted by Gasteiger charge is 2.44. The molecule has 2 aromatic carbocycles. The van der Waals surface area contributed by atoms with Gasteiger partial charge in [0, 0.05) is 0 Å². The van der Waals surface area contributed by atoms with Crippen LogP contribution in [0.2, 0.25) is 0 Å². The first-order valence-electron chi connectivity index (χ1n) is 9.55. The van der Waals surface area contributed by atoms with Crippen LogP contribution in [-0.4, -0.2) is 35.3 Å². The molecule has 1 unspecified atom stereocenters. The van der Waals surface area contributed by atoms with Gasteiger partial charge in [0.2, 0.25) is 5.91 Å². The number of carbonyl (C=O) groups is 3. The van der Waals surface area contributed by atoms with E-state index < -0.39 is 17.9 Å². The van der Waals surface area contributed by atoms with Crippen molar-refractivity contribution in [2.45, 2.75) is 19.0 Å². The molecule has 1 aliphatic heterocycles. The highest BCUT2D eigenvalue weighted by Crippen LogP contribution is 2.27. The van der Waals surface area contributed by atoms with Crippen molar-refractivity contribution in [1.82, 2.24) is 4.90 Å². The number of nitrogens with zero attached hydrogens (tertiary/aromatic N) is 2. The number of para-hydroxylation sites is 2. The van der Waals surface area contributed by atoms with Crippen molar-refractivity contribution in [3.8, 4) is 5.75 Å². The molecule has 3 aromatic rings. The fourth-order valence-electron chi connectivity index (χ4n) is 3.40. The van der Waals surface area contributed by atoms with Crippen LogP contribution in [0, 0.1) is 0 Å². The summed E-state index contributed by atoms with van der Waals surface area (Å²) in [6.45, 7) is -0.190. The van der Waals surface area contributed by atoms with Gasteiger partial charge >= 0.3 is 0 Å². The van der Waals surface area contributed by atoms with Gasteiger partial charge in [-0.25, -0.2) is 4.90 Å². The lowest BCUT2D eigenvalue weighted by molar-refractivity contribution is -0.141. The van der Waals surface area contributed by atoms with E-state index in [1.165, 1.54) is 11.2 Å². The summed E-state index contributed by atoms with van der Waals surface area (Å²) in [5, 5.41) is 0. The molecule has 0 spiro atoms. The minimum absolute atomic E-state index is 0.0658. The van der Waals surface area contributed by atoms with Crippen LogP contribution in [0.3, 0.4) is 0 Å². The highest BCUT2D eigenvalue weighted by atomic mass is 16.5. The zero-order chi connectivity index (χ0) is 20.9. The molecule has 1 aromatic heterocycles. The predicted molar refractivity (Wildman–Crippen MR) is 109 cm³/mol. The first-order valence-corrected chi connectivity index (χ1v) is 9.55. The lowest BCUT2D eigenvalue weighted by Gasteiger charge is -2.27. The van der Waals surface area contributed by atoms with Gasteiger partial charge in [0.15, 0.2) is 6.61 Å². The molecule has 1 saturated heterocycles. The van der Waals surface area contributed by atoms with Crippen molar-refractivity contribution in [1.29, 1.82) is 0 Å². The Morgan fingerprint density at radius 3 is 2.37 bits per heavy atom. The van der Waals surface area contributed by atoms with Crippen LogP contribution in [0.25, 0.3) is 0 Å². The Labute approximate surface area is 173 Å². The Balaban J connectivity index is 1.55. The highest BCUT2D eigenvalue weighted by molar-refractivity contribution is 6.23. The van der Waals surface area contributed by atoms with E-state index in [9.17, 15) is 14.4 Å².